The van der Waals surface area contributed by atoms with Crippen molar-refractivity contribution in [2.45, 2.75) is 26.2 Å². The van der Waals surface area contributed by atoms with Crippen molar-refractivity contribution in [3.8, 4) is 5.75 Å². The van der Waals surface area contributed by atoms with Gasteiger partial charge in [0, 0.05) is 11.1 Å². The van der Waals surface area contributed by atoms with Crippen LogP contribution in [0.5, 0.6) is 5.75 Å². The van der Waals surface area contributed by atoms with Gasteiger partial charge in [0.15, 0.2) is 0 Å². The Morgan fingerprint density at radius 3 is 2.43 bits per heavy atom. The van der Waals surface area contributed by atoms with Crippen molar-refractivity contribution < 1.29 is 9.94 Å². The number of hydrogen-bond acceptors (Lipinski definition) is 3. The monoisotopic (exact) mass is 283 g/mol. The first-order valence-corrected chi connectivity index (χ1v) is 7.36. The summed E-state index contributed by atoms with van der Waals surface area (Å²) < 4.78 is 5.85. The number of ether oxygens (including phenoxy) is 1. The fraction of sp³-hybridized carbons (Fsp3) is 0.278. The van der Waals surface area contributed by atoms with Crippen LogP contribution >= 0.6 is 0 Å². The molecule has 0 aliphatic carbocycles. The number of hydrogen-bond donors (Lipinski definition) is 1. The topological polar surface area (TPSA) is 41.8 Å². The summed E-state index contributed by atoms with van der Waals surface area (Å²) in [5.74, 6) is 0.755. The number of nitrogens with zero attached hydrogens (tertiary/aromatic N) is 1. The van der Waals surface area contributed by atoms with E-state index in [1.807, 2.05) is 54.6 Å². The second-order valence-electron chi connectivity index (χ2n) is 4.87. The molecule has 21 heavy (non-hydrogen) atoms. The van der Waals surface area contributed by atoms with Crippen molar-refractivity contribution in [2.24, 2.45) is 5.16 Å². The lowest BCUT2D eigenvalue weighted by Crippen LogP contribution is -2.07. The molecular weight excluding hydrogens is 262 g/mol. The molecule has 0 radical (unpaired) electrons. The van der Waals surface area contributed by atoms with Crippen LogP contribution in [0.2, 0.25) is 0 Å². The third kappa shape index (κ3) is 4.09. The molecule has 0 aliphatic heterocycles. The summed E-state index contributed by atoms with van der Waals surface area (Å²) in [6.07, 6.45) is 3.35. The van der Waals surface area contributed by atoms with Crippen LogP contribution < -0.4 is 4.74 Å². The predicted octanol–water partition coefficient (Wildman–Crippen LogP) is 4.48. The second-order valence-corrected chi connectivity index (χ2v) is 4.87. The van der Waals surface area contributed by atoms with Gasteiger partial charge in [0.2, 0.25) is 0 Å². The molecule has 2 aromatic carbocycles. The van der Waals surface area contributed by atoms with E-state index >= 15 is 0 Å². The van der Waals surface area contributed by atoms with E-state index in [1.165, 1.54) is 6.42 Å². The van der Waals surface area contributed by atoms with E-state index in [0.717, 1.165) is 29.7 Å². The van der Waals surface area contributed by atoms with Gasteiger partial charge >= 0.3 is 0 Å². The normalized spacial score (nSPS) is 11.4. The summed E-state index contributed by atoms with van der Waals surface area (Å²) in [4.78, 5) is 0. The maximum absolute atomic E-state index is 9.40. The Bertz CT molecular complexity index is 579. The van der Waals surface area contributed by atoms with E-state index in [0.29, 0.717) is 12.3 Å². The molecule has 0 bridgehead atoms. The van der Waals surface area contributed by atoms with Crippen LogP contribution in [0, 0.1) is 0 Å². The minimum Gasteiger partial charge on any atom is -0.493 e. The Morgan fingerprint density at radius 2 is 1.71 bits per heavy atom. The predicted molar refractivity (Wildman–Crippen MR) is 85.3 cm³/mol. The van der Waals surface area contributed by atoms with Crippen molar-refractivity contribution in [1.82, 2.24) is 0 Å². The molecular formula is C18H21NO2. The third-order valence-corrected chi connectivity index (χ3v) is 3.29. The summed E-state index contributed by atoms with van der Waals surface area (Å²) in [5.41, 5.74) is 2.20. The molecule has 110 valence electrons. The number of benzene rings is 2. The molecule has 0 fully saturated rings. The zero-order valence-corrected chi connectivity index (χ0v) is 12.3. The number of para-hydroxylation sites is 1. The molecule has 0 saturated heterocycles. The molecule has 0 amide bonds. The standard InChI is InChI=1S/C18H21NO2/c1-2-3-9-14-21-17-13-8-7-12-16(17)18(19-20)15-10-5-4-6-11-15/h4-8,10-13,20H,2-3,9,14H2,1H3. The van der Waals surface area contributed by atoms with Gasteiger partial charge < -0.3 is 9.94 Å². The lowest BCUT2D eigenvalue weighted by atomic mass is 10.0. The van der Waals surface area contributed by atoms with Gasteiger partial charge in [-0.15, -0.1) is 0 Å². The minimum atomic E-state index is 0.529. The fourth-order valence-corrected chi connectivity index (χ4v) is 2.19. The Labute approximate surface area is 125 Å². The molecule has 2 aromatic rings. The Balaban J connectivity index is 2.22. The summed E-state index contributed by atoms with van der Waals surface area (Å²) in [6.45, 7) is 2.85. The second kappa shape index (κ2) is 8.10. The third-order valence-electron chi connectivity index (χ3n) is 3.29. The van der Waals surface area contributed by atoms with Gasteiger partial charge in [0.25, 0.3) is 0 Å². The number of rotatable bonds is 7. The van der Waals surface area contributed by atoms with Crippen LogP contribution in [-0.2, 0) is 0 Å². The van der Waals surface area contributed by atoms with E-state index in [2.05, 4.69) is 12.1 Å². The summed E-state index contributed by atoms with van der Waals surface area (Å²) in [5, 5.41) is 12.9. The van der Waals surface area contributed by atoms with E-state index in [-0.39, 0.29) is 0 Å². The van der Waals surface area contributed by atoms with Gasteiger partial charge in [-0.05, 0) is 18.6 Å². The maximum atomic E-state index is 9.40. The first-order chi connectivity index (χ1) is 10.4. The molecule has 0 aliphatic rings. The molecule has 0 atom stereocenters. The van der Waals surface area contributed by atoms with Crippen LogP contribution in [0.1, 0.15) is 37.3 Å². The van der Waals surface area contributed by atoms with Crippen molar-refractivity contribution in [3.05, 3.63) is 65.7 Å². The molecule has 0 aromatic heterocycles. The van der Waals surface area contributed by atoms with Crippen LogP contribution in [-0.4, -0.2) is 17.5 Å². The highest BCUT2D eigenvalue weighted by Crippen LogP contribution is 2.22. The smallest absolute Gasteiger partial charge is 0.128 e. The average molecular weight is 283 g/mol. The van der Waals surface area contributed by atoms with Gasteiger partial charge in [-0.1, -0.05) is 67.4 Å². The molecule has 0 unspecified atom stereocenters. The first-order valence-electron chi connectivity index (χ1n) is 7.36. The molecule has 0 spiro atoms. The highest BCUT2D eigenvalue weighted by Gasteiger charge is 2.12. The maximum Gasteiger partial charge on any atom is 0.128 e. The number of oxime groups is 1. The fourth-order valence-electron chi connectivity index (χ4n) is 2.19. The van der Waals surface area contributed by atoms with E-state index in [9.17, 15) is 5.21 Å². The lowest BCUT2D eigenvalue weighted by Gasteiger charge is -2.12. The Morgan fingerprint density at radius 1 is 1.00 bits per heavy atom. The van der Waals surface area contributed by atoms with Gasteiger partial charge in [-0.3, -0.25) is 0 Å². The quantitative estimate of drug-likeness (QED) is 0.352. The van der Waals surface area contributed by atoms with Gasteiger partial charge in [0.05, 0.1) is 6.61 Å². The first kappa shape index (κ1) is 15.1. The van der Waals surface area contributed by atoms with Crippen LogP contribution in [0.4, 0.5) is 0 Å². The molecule has 2 rings (SSSR count). The van der Waals surface area contributed by atoms with Crippen molar-refractivity contribution in [2.75, 3.05) is 6.61 Å². The summed E-state index contributed by atoms with van der Waals surface area (Å²) in [6, 6.07) is 17.3. The zero-order chi connectivity index (χ0) is 14.9. The van der Waals surface area contributed by atoms with E-state index < -0.39 is 0 Å². The molecule has 3 nitrogen and oxygen atoms in total. The summed E-state index contributed by atoms with van der Waals surface area (Å²) >= 11 is 0. The minimum absolute atomic E-state index is 0.529. The largest absolute Gasteiger partial charge is 0.493 e. The number of unbranched alkanes of at least 4 members (excludes halogenated alkanes) is 2. The Hall–Kier alpha value is -2.29. The van der Waals surface area contributed by atoms with Crippen molar-refractivity contribution in [1.29, 1.82) is 0 Å². The SMILES string of the molecule is CCCCCOc1ccccc1C(=NO)c1ccccc1. The highest BCUT2D eigenvalue weighted by molar-refractivity contribution is 6.14. The zero-order valence-electron chi connectivity index (χ0n) is 12.3. The molecule has 3 heteroatoms. The van der Waals surface area contributed by atoms with Crippen LogP contribution in [0.15, 0.2) is 59.8 Å². The van der Waals surface area contributed by atoms with Gasteiger partial charge in [0.1, 0.15) is 11.5 Å². The summed E-state index contributed by atoms with van der Waals surface area (Å²) in [7, 11) is 0. The molecule has 1 N–H and O–H groups in total. The average Bonchev–Trinajstić information content (AvgIpc) is 2.55. The molecule has 0 saturated carbocycles. The van der Waals surface area contributed by atoms with E-state index in [4.69, 9.17) is 4.74 Å². The van der Waals surface area contributed by atoms with Gasteiger partial charge in [-0.25, -0.2) is 0 Å². The van der Waals surface area contributed by atoms with Crippen LogP contribution in [0.25, 0.3) is 0 Å². The van der Waals surface area contributed by atoms with E-state index in [1.54, 1.807) is 0 Å². The highest BCUT2D eigenvalue weighted by atomic mass is 16.5. The Kier molecular flexibility index (Phi) is 5.83. The molecule has 0 heterocycles. The van der Waals surface area contributed by atoms with Crippen molar-refractivity contribution in [3.63, 3.8) is 0 Å². The van der Waals surface area contributed by atoms with Crippen molar-refractivity contribution >= 4 is 5.71 Å². The van der Waals surface area contributed by atoms with Crippen LogP contribution in [0.3, 0.4) is 0 Å². The lowest BCUT2D eigenvalue weighted by molar-refractivity contribution is 0.303. The van der Waals surface area contributed by atoms with Gasteiger partial charge in [-0.2, -0.15) is 0 Å².